The normalized spacial score (nSPS) is 10.3. The average Bonchev–Trinajstić information content (AvgIpc) is 2.48. The summed E-state index contributed by atoms with van der Waals surface area (Å²) < 4.78 is 0. The lowest BCUT2D eigenvalue weighted by Gasteiger charge is -2.07. The molecule has 1 amide bonds. The summed E-state index contributed by atoms with van der Waals surface area (Å²) in [5, 5.41) is 11.8. The number of amides is 1. The molecule has 4 nitrogen and oxygen atoms in total. The lowest BCUT2D eigenvalue weighted by atomic mass is 10.1. The molecule has 4 N–H and O–H groups in total. The molecule has 0 atom stereocenters. The van der Waals surface area contributed by atoms with E-state index < -0.39 is 0 Å². The zero-order chi connectivity index (χ0) is 14.5. The molecule has 0 saturated carbocycles. The van der Waals surface area contributed by atoms with Gasteiger partial charge in [0.25, 0.3) is 5.91 Å². The van der Waals surface area contributed by atoms with E-state index in [-0.39, 0.29) is 12.5 Å². The molecular weight excluding hydrogens is 252 g/mol. The molecule has 2 aromatic carbocycles. The number of benzene rings is 2. The Morgan fingerprint density at radius 1 is 1.15 bits per heavy atom. The van der Waals surface area contributed by atoms with Gasteiger partial charge in [-0.1, -0.05) is 24.3 Å². The molecule has 0 aromatic heterocycles. The highest BCUT2D eigenvalue weighted by molar-refractivity contribution is 5.94. The number of nitrogen functional groups attached to an aromatic ring is 1. The molecular formula is C16H18N2O2. The number of aliphatic hydroxyl groups excluding tert-OH is 1. The first-order valence-electron chi connectivity index (χ1n) is 6.43. The molecule has 0 bridgehead atoms. The molecule has 2 aromatic rings. The number of nitrogens with one attached hydrogen (secondary N) is 1. The van der Waals surface area contributed by atoms with Crippen molar-refractivity contribution >= 4 is 11.6 Å². The summed E-state index contributed by atoms with van der Waals surface area (Å²) in [5.74, 6) is -0.126. The summed E-state index contributed by atoms with van der Waals surface area (Å²) in [6.45, 7) is 2.35. The van der Waals surface area contributed by atoms with Gasteiger partial charge in [-0.2, -0.15) is 0 Å². The van der Waals surface area contributed by atoms with Gasteiger partial charge in [0, 0.05) is 17.8 Å². The molecule has 104 valence electrons. The van der Waals surface area contributed by atoms with Crippen molar-refractivity contribution in [2.75, 3.05) is 5.73 Å². The fourth-order valence-electron chi connectivity index (χ4n) is 1.86. The van der Waals surface area contributed by atoms with Crippen LogP contribution < -0.4 is 11.1 Å². The summed E-state index contributed by atoms with van der Waals surface area (Å²) in [7, 11) is 0. The van der Waals surface area contributed by atoms with E-state index in [4.69, 9.17) is 10.8 Å². The minimum atomic E-state index is -0.126. The smallest absolute Gasteiger partial charge is 0.251 e. The predicted octanol–water partition coefficient (Wildman–Crippen LogP) is 2.00. The van der Waals surface area contributed by atoms with Crippen LogP contribution in [0.3, 0.4) is 0 Å². The molecule has 0 spiro atoms. The van der Waals surface area contributed by atoms with Gasteiger partial charge in [0.2, 0.25) is 0 Å². The number of anilines is 1. The highest BCUT2D eigenvalue weighted by Gasteiger charge is 2.06. The van der Waals surface area contributed by atoms with E-state index in [9.17, 15) is 4.79 Å². The van der Waals surface area contributed by atoms with Gasteiger partial charge in [0.05, 0.1) is 6.61 Å². The van der Waals surface area contributed by atoms with Crippen LogP contribution in [-0.4, -0.2) is 11.0 Å². The molecule has 0 unspecified atom stereocenters. The zero-order valence-electron chi connectivity index (χ0n) is 11.4. The van der Waals surface area contributed by atoms with Crippen molar-refractivity contribution in [1.82, 2.24) is 5.32 Å². The van der Waals surface area contributed by atoms with E-state index in [0.29, 0.717) is 17.8 Å². The van der Waals surface area contributed by atoms with E-state index in [1.165, 1.54) is 0 Å². The predicted molar refractivity (Wildman–Crippen MR) is 79.1 cm³/mol. The van der Waals surface area contributed by atoms with Gasteiger partial charge in [0.15, 0.2) is 0 Å². The lowest BCUT2D eigenvalue weighted by Crippen LogP contribution is -2.22. The average molecular weight is 270 g/mol. The maximum atomic E-state index is 12.0. The van der Waals surface area contributed by atoms with Gasteiger partial charge in [-0.25, -0.2) is 0 Å². The Bertz CT molecular complexity index is 606. The molecule has 4 heteroatoms. The fourth-order valence-corrected chi connectivity index (χ4v) is 1.86. The number of rotatable bonds is 4. The summed E-state index contributed by atoms with van der Waals surface area (Å²) in [5.41, 5.74) is 9.75. The van der Waals surface area contributed by atoms with Crippen molar-refractivity contribution in [3.63, 3.8) is 0 Å². The van der Waals surface area contributed by atoms with Crippen molar-refractivity contribution in [3.05, 3.63) is 64.7 Å². The van der Waals surface area contributed by atoms with E-state index in [2.05, 4.69) is 5.32 Å². The van der Waals surface area contributed by atoms with Crippen molar-refractivity contribution in [2.24, 2.45) is 0 Å². The monoisotopic (exact) mass is 270 g/mol. The maximum absolute atomic E-state index is 12.0. The van der Waals surface area contributed by atoms with E-state index in [1.54, 1.807) is 18.2 Å². The van der Waals surface area contributed by atoms with Crippen LogP contribution in [0, 0.1) is 6.92 Å². The summed E-state index contributed by atoms with van der Waals surface area (Å²) in [6, 6.07) is 12.7. The molecule has 0 fully saturated rings. The van der Waals surface area contributed by atoms with Crippen LogP contribution in [0.15, 0.2) is 42.5 Å². The minimum Gasteiger partial charge on any atom is -0.399 e. The van der Waals surface area contributed by atoms with Gasteiger partial charge >= 0.3 is 0 Å². The van der Waals surface area contributed by atoms with Crippen LogP contribution in [-0.2, 0) is 13.2 Å². The first-order valence-corrected chi connectivity index (χ1v) is 6.43. The number of aliphatic hydroxyl groups is 1. The first-order chi connectivity index (χ1) is 9.60. The van der Waals surface area contributed by atoms with Gasteiger partial charge < -0.3 is 16.2 Å². The van der Waals surface area contributed by atoms with Crippen molar-refractivity contribution in [1.29, 1.82) is 0 Å². The topological polar surface area (TPSA) is 75.3 Å². The molecule has 0 aliphatic rings. The van der Waals surface area contributed by atoms with Crippen LogP contribution in [0.25, 0.3) is 0 Å². The number of carbonyl (C=O) groups excluding carboxylic acids is 1. The number of hydrogen-bond donors (Lipinski definition) is 3. The lowest BCUT2D eigenvalue weighted by molar-refractivity contribution is 0.0951. The van der Waals surface area contributed by atoms with Crippen molar-refractivity contribution in [3.8, 4) is 0 Å². The molecule has 0 heterocycles. The quantitative estimate of drug-likeness (QED) is 0.744. The molecule has 2 rings (SSSR count). The molecule has 0 aliphatic heterocycles. The summed E-state index contributed by atoms with van der Waals surface area (Å²) >= 11 is 0. The van der Waals surface area contributed by atoms with Crippen LogP contribution in [0.4, 0.5) is 5.69 Å². The van der Waals surface area contributed by atoms with E-state index in [1.807, 2.05) is 31.2 Å². The third-order valence-corrected chi connectivity index (χ3v) is 3.19. The first kappa shape index (κ1) is 14.1. The Labute approximate surface area is 118 Å². The SMILES string of the molecule is Cc1cc(C(=O)NCc2ccc(CO)cc2)ccc1N. The summed E-state index contributed by atoms with van der Waals surface area (Å²) in [4.78, 5) is 12.0. The third-order valence-electron chi connectivity index (χ3n) is 3.19. The molecule has 20 heavy (non-hydrogen) atoms. The number of nitrogens with two attached hydrogens (primary N) is 1. The summed E-state index contributed by atoms with van der Waals surface area (Å²) in [6.07, 6.45) is 0. The Morgan fingerprint density at radius 3 is 2.40 bits per heavy atom. The van der Waals surface area contributed by atoms with Crippen molar-refractivity contribution < 1.29 is 9.90 Å². The number of aryl methyl sites for hydroxylation is 1. The molecule has 0 aliphatic carbocycles. The van der Waals surface area contributed by atoms with Crippen molar-refractivity contribution in [2.45, 2.75) is 20.1 Å². The zero-order valence-corrected chi connectivity index (χ0v) is 11.4. The Kier molecular flexibility index (Phi) is 4.38. The molecule has 0 saturated heterocycles. The standard InChI is InChI=1S/C16H18N2O2/c1-11-8-14(6-7-15(11)17)16(20)18-9-12-2-4-13(10-19)5-3-12/h2-8,19H,9-10,17H2,1H3,(H,18,20). The van der Waals surface area contributed by atoms with Crippen LogP contribution in [0.1, 0.15) is 27.0 Å². The van der Waals surface area contributed by atoms with Crippen LogP contribution in [0.5, 0.6) is 0 Å². The van der Waals surface area contributed by atoms with Gasteiger partial charge in [-0.15, -0.1) is 0 Å². The Balaban J connectivity index is 1.98. The van der Waals surface area contributed by atoms with Gasteiger partial charge in [0.1, 0.15) is 0 Å². The third kappa shape index (κ3) is 3.36. The number of carbonyl (C=O) groups is 1. The fraction of sp³-hybridized carbons (Fsp3) is 0.188. The largest absolute Gasteiger partial charge is 0.399 e. The van der Waals surface area contributed by atoms with Gasteiger partial charge in [-0.3, -0.25) is 4.79 Å². The van der Waals surface area contributed by atoms with Gasteiger partial charge in [-0.05, 0) is 41.8 Å². The van der Waals surface area contributed by atoms with E-state index in [0.717, 1.165) is 16.7 Å². The molecule has 0 radical (unpaired) electrons. The second-order valence-corrected chi connectivity index (χ2v) is 4.73. The second-order valence-electron chi connectivity index (χ2n) is 4.73. The maximum Gasteiger partial charge on any atom is 0.251 e. The second kappa shape index (κ2) is 6.21. The number of hydrogen-bond acceptors (Lipinski definition) is 3. The highest BCUT2D eigenvalue weighted by Crippen LogP contribution is 2.12. The van der Waals surface area contributed by atoms with E-state index >= 15 is 0 Å². The Morgan fingerprint density at radius 2 is 1.80 bits per heavy atom. The van der Waals surface area contributed by atoms with Crippen LogP contribution in [0.2, 0.25) is 0 Å². The Hall–Kier alpha value is -2.33. The minimum absolute atomic E-state index is 0.0252. The van der Waals surface area contributed by atoms with Crippen LogP contribution >= 0.6 is 0 Å². The highest BCUT2D eigenvalue weighted by atomic mass is 16.3.